The lowest BCUT2D eigenvalue weighted by molar-refractivity contribution is -0.127. The molecule has 0 aliphatic carbocycles. The maximum Gasteiger partial charge on any atom is 0.231 e. The number of anilines is 1. The lowest BCUT2D eigenvalue weighted by Crippen LogP contribution is -2.48. The predicted octanol–water partition coefficient (Wildman–Crippen LogP) is 3.76. The van der Waals surface area contributed by atoms with E-state index in [0.29, 0.717) is 5.02 Å². The topological polar surface area (TPSA) is 41.1 Å². The zero-order chi connectivity index (χ0) is 14.6. The summed E-state index contributed by atoms with van der Waals surface area (Å²) in [6.07, 6.45) is 3.95. The van der Waals surface area contributed by atoms with Crippen LogP contribution in [0, 0.1) is 12.3 Å². The van der Waals surface area contributed by atoms with Crippen molar-refractivity contribution in [2.24, 2.45) is 5.41 Å². The second-order valence-electron chi connectivity index (χ2n) is 5.73. The van der Waals surface area contributed by atoms with Crippen molar-refractivity contribution in [2.45, 2.75) is 39.5 Å². The number of rotatable bonds is 4. The molecule has 1 atom stereocenters. The van der Waals surface area contributed by atoms with E-state index in [1.54, 1.807) is 0 Å². The fraction of sp³-hybridized carbons (Fsp3) is 0.562. The molecule has 1 saturated heterocycles. The quantitative estimate of drug-likeness (QED) is 0.888. The third-order valence-electron chi connectivity index (χ3n) is 4.11. The van der Waals surface area contributed by atoms with Gasteiger partial charge in [-0.15, -0.1) is 0 Å². The van der Waals surface area contributed by atoms with Crippen molar-refractivity contribution in [3.8, 4) is 0 Å². The molecule has 0 saturated carbocycles. The Hall–Kier alpha value is -1.06. The zero-order valence-corrected chi connectivity index (χ0v) is 13.0. The minimum absolute atomic E-state index is 0.117. The third-order valence-corrected chi connectivity index (χ3v) is 4.52. The van der Waals surface area contributed by atoms with Crippen molar-refractivity contribution < 1.29 is 4.79 Å². The summed E-state index contributed by atoms with van der Waals surface area (Å²) in [7, 11) is 0. The standard InChI is InChI=1S/C16H23ClN2O/c1-3-7-16(8-4-9-18-11-16)15(20)19-13-6-5-12(2)14(17)10-13/h5-6,10,18H,3-4,7-9,11H2,1-2H3,(H,19,20). The number of hydrogen-bond acceptors (Lipinski definition) is 2. The van der Waals surface area contributed by atoms with E-state index in [-0.39, 0.29) is 11.3 Å². The molecule has 2 N–H and O–H groups in total. The summed E-state index contributed by atoms with van der Waals surface area (Å²) in [6.45, 7) is 5.87. The summed E-state index contributed by atoms with van der Waals surface area (Å²) in [5.74, 6) is 0.117. The highest BCUT2D eigenvalue weighted by molar-refractivity contribution is 6.31. The minimum atomic E-state index is -0.273. The summed E-state index contributed by atoms with van der Waals surface area (Å²) in [5.41, 5.74) is 1.53. The first-order chi connectivity index (χ1) is 9.57. The number of halogens is 1. The Morgan fingerprint density at radius 3 is 2.90 bits per heavy atom. The van der Waals surface area contributed by atoms with Crippen LogP contribution in [0.1, 0.15) is 38.2 Å². The lowest BCUT2D eigenvalue weighted by Gasteiger charge is -2.36. The highest BCUT2D eigenvalue weighted by Gasteiger charge is 2.38. The molecule has 0 spiro atoms. The molecule has 1 unspecified atom stereocenters. The van der Waals surface area contributed by atoms with Gasteiger partial charge in [-0.25, -0.2) is 0 Å². The molecule has 0 bridgehead atoms. The van der Waals surface area contributed by atoms with Gasteiger partial charge in [0.1, 0.15) is 0 Å². The first kappa shape index (κ1) is 15.3. The van der Waals surface area contributed by atoms with E-state index in [4.69, 9.17) is 11.6 Å². The molecule has 1 aliphatic heterocycles. The van der Waals surface area contributed by atoms with E-state index in [9.17, 15) is 4.79 Å². The Morgan fingerprint density at radius 1 is 1.50 bits per heavy atom. The van der Waals surface area contributed by atoms with Crippen molar-refractivity contribution >= 4 is 23.2 Å². The summed E-state index contributed by atoms with van der Waals surface area (Å²) in [5, 5.41) is 7.09. The van der Waals surface area contributed by atoms with Crippen molar-refractivity contribution in [3.63, 3.8) is 0 Å². The molecule has 1 fully saturated rings. The highest BCUT2D eigenvalue weighted by atomic mass is 35.5. The molecule has 1 amide bonds. The van der Waals surface area contributed by atoms with E-state index in [2.05, 4.69) is 17.6 Å². The molecule has 0 aromatic heterocycles. The van der Waals surface area contributed by atoms with Crippen LogP contribution in [0.2, 0.25) is 5.02 Å². The number of carbonyl (C=O) groups excluding carboxylic acids is 1. The van der Waals surface area contributed by atoms with Gasteiger partial charge in [-0.2, -0.15) is 0 Å². The first-order valence-corrected chi connectivity index (χ1v) is 7.73. The Morgan fingerprint density at radius 2 is 2.30 bits per heavy atom. The van der Waals surface area contributed by atoms with Crippen molar-refractivity contribution in [1.29, 1.82) is 0 Å². The van der Waals surface area contributed by atoms with Crippen molar-refractivity contribution in [2.75, 3.05) is 18.4 Å². The zero-order valence-electron chi connectivity index (χ0n) is 12.3. The van der Waals surface area contributed by atoms with E-state index < -0.39 is 0 Å². The molecule has 0 radical (unpaired) electrons. The molecule has 2 rings (SSSR count). The van der Waals surface area contributed by atoms with Gasteiger partial charge in [0.25, 0.3) is 0 Å². The summed E-state index contributed by atoms with van der Waals surface area (Å²) < 4.78 is 0. The van der Waals surface area contributed by atoms with Gasteiger partial charge in [-0.1, -0.05) is 31.0 Å². The van der Waals surface area contributed by atoms with Crippen LogP contribution < -0.4 is 10.6 Å². The van der Waals surface area contributed by atoms with Crippen LogP contribution in [0.3, 0.4) is 0 Å². The average molecular weight is 295 g/mol. The van der Waals surface area contributed by atoms with Gasteiger partial charge >= 0.3 is 0 Å². The Balaban J connectivity index is 2.13. The maximum absolute atomic E-state index is 12.7. The van der Waals surface area contributed by atoms with E-state index in [0.717, 1.165) is 50.0 Å². The second-order valence-corrected chi connectivity index (χ2v) is 6.14. The van der Waals surface area contributed by atoms with Crippen LogP contribution in [0.15, 0.2) is 18.2 Å². The van der Waals surface area contributed by atoms with Crippen molar-refractivity contribution in [1.82, 2.24) is 5.32 Å². The fourth-order valence-corrected chi connectivity index (χ4v) is 3.08. The molecule has 3 nitrogen and oxygen atoms in total. The molecule has 4 heteroatoms. The number of benzene rings is 1. The maximum atomic E-state index is 12.7. The lowest BCUT2D eigenvalue weighted by atomic mass is 9.76. The molecule has 20 heavy (non-hydrogen) atoms. The van der Waals surface area contributed by atoms with E-state index in [1.807, 2.05) is 25.1 Å². The van der Waals surface area contributed by atoms with E-state index >= 15 is 0 Å². The van der Waals surface area contributed by atoms with Gasteiger partial charge < -0.3 is 10.6 Å². The first-order valence-electron chi connectivity index (χ1n) is 7.36. The summed E-state index contributed by atoms with van der Waals surface area (Å²) in [6, 6.07) is 5.67. The highest BCUT2D eigenvalue weighted by Crippen LogP contribution is 2.33. The fourth-order valence-electron chi connectivity index (χ4n) is 2.90. The number of carbonyl (C=O) groups is 1. The number of piperidine rings is 1. The van der Waals surface area contributed by atoms with Crippen molar-refractivity contribution in [3.05, 3.63) is 28.8 Å². The molecule has 110 valence electrons. The van der Waals surface area contributed by atoms with Crippen LogP contribution in [0.4, 0.5) is 5.69 Å². The van der Waals surface area contributed by atoms with Gasteiger partial charge in [0, 0.05) is 17.3 Å². The summed E-state index contributed by atoms with van der Waals surface area (Å²) >= 11 is 6.12. The number of aryl methyl sites for hydroxylation is 1. The molecular weight excluding hydrogens is 272 g/mol. The molecular formula is C16H23ClN2O. The predicted molar refractivity (Wildman–Crippen MR) is 84.3 cm³/mol. The van der Waals surface area contributed by atoms with Gasteiger partial charge in [0.2, 0.25) is 5.91 Å². The number of nitrogens with one attached hydrogen (secondary N) is 2. The van der Waals surface area contributed by atoms with Crippen LogP contribution in [-0.4, -0.2) is 19.0 Å². The largest absolute Gasteiger partial charge is 0.326 e. The molecule has 1 aliphatic rings. The van der Waals surface area contributed by atoms with Gasteiger partial charge in [-0.05, 0) is 50.4 Å². The summed E-state index contributed by atoms with van der Waals surface area (Å²) in [4.78, 5) is 12.7. The van der Waals surface area contributed by atoms with Gasteiger partial charge in [0.05, 0.1) is 5.41 Å². The molecule has 1 aromatic rings. The Labute approximate surface area is 126 Å². The Kier molecular flexibility index (Phi) is 5.06. The van der Waals surface area contributed by atoms with Gasteiger partial charge in [0.15, 0.2) is 0 Å². The third kappa shape index (κ3) is 3.33. The van der Waals surface area contributed by atoms with E-state index in [1.165, 1.54) is 0 Å². The monoisotopic (exact) mass is 294 g/mol. The molecule has 1 aromatic carbocycles. The normalized spacial score (nSPS) is 22.6. The van der Waals surface area contributed by atoms with Crippen LogP contribution >= 0.6 is 11.6 Å². The Bertz CT molecular complexity index is 476. The number of amides is 1. The van der Waals surface area contributed by atoms with Crippen LogP contribution in [0.5, 0.6) is 0 Å². The smallest absolute Gasteiger partial charge is 0.231 e. The number of hydrogen-bond donors (Lipinski definition) is 2. The minimum Gasteiger partial charge on any atom is -0.326 e. The van der Waals surface area contributed by atoms with Crippen LogP contribution in [0.25, 0.3) is 0 Å². The van der Waals surface area contributed by atoms with Gasteiger partial charge in [-0.3, -0.25) is 4.79 Å². The molecule has 1 heterocycles. The van der Waals surface area contributed by atoms with Crippen LogP contribution in [-0.2, 0) is 4.79 Å². The average Bonchev–Trinajstić information content (AvgIpc) is 2.44. The second kappa shape index (κ2) is 6.59. The SMILES string of the molecule is CCCC1(C(=O)Nc2ccc(C)c(Cl)c2)CCCNC1.